The van der Waals surface area contributed by atoms with E-state index in [0.717, 1.165) is 30.8 Å². The zero-order valence-electron chi connectivity index (χ0n) is 18.6. The van der Waals surface area contributed by atoms with Crippen molar-refractivity contribution in [2.24, 2.45) is 11.8 Å². The van der Waals surface area contributed by atoms with Crippen LogP contribution in [-0.2, 0) is 0 Å². The minimum Gasteiger partial charge on any atom is -0.507 e. The van der Waals surface area contributed by atoms with E-state index in [1.165, 1.54) is 18.9 Å². The van der Waals surface area contributed by atoms with Gasteiger partial charge < -0.3 is 10.0 Å². The number of hydrogen-bond acceptors (Lipinski definition) is 5. The Bertz CT molecular complexity index is 1060. The first-order chi connectivity index (χ1) is 15.3. The molecule has 1 saturated carbocycles. The minimum atomic E-state index is -0.911. The summed E-state index contributed by atoms with van der Waals surface area (Å²) in [5, 5.41) is 19.3. The smallest absolute Gasteiger partial charge is 0.216 e. The predicted octanol–water partition coefficient (Wildman–Crippen LogP) is 5.84. The first-order valence-electron chi connectivity index (χ1n) is 11.0. The molecule has 0 aliphatic heterocycles. The summed E-state index contributed by atoms with van der Waals surface area (Å²) in [6, 6.07) is 11.2. The van der Waals surface area contributed by atoms with Crippen LogP contribution < -0.4 is 4.90 Å². The molecular weight excluding hydrogens is 410 g/mol. The second-order valence-electron chi connectivity index (χ2n) is 9.03. The van der Waals surface area contributed by atoms with Gasteiger partial charge in [-0.05, 0) is 60.1 Å². The number of anilines is 1. The number of hydrogen-bond donors (Lipinski definition) is 1. The maximum atomic E-state index is 13.4. The zero-order valence-corrected chi connectivity index (χ0v) is 18.6. The highest BCUT2D eigenvalue weighted by atomic mass is 19.1. The van der Waals surface area contributed by atoms with Crippen LogP contribution >= 0.6 is 0 Å². The molecule has 3 aromatic rings. The van der Waals surface area contributed by atoms with Crippen molar-refractivity contribution in [3.63, 3.8) is 0 Å². The van der Waals surface area contributed by atoms with Gasteiger partial charge in [0.2, 0.25) is 11.9 Å². The predicted molar refractivity (Wildman–Crippen MR) is 121 cm³/mol. The Labute approximate surface area is 187 Å². The minimum absolute atomic E-state index is 0.0399. The maximum Gasteiger partial charge on any atom is 0.216 e. The average molecular weight is 439 g/mol. The number of pyridine rings is 1. The summed E-state index contributed by atoms with van der Waals surface area (Å²) in [4.78, 5) is 5.31. The molecule has 7 heteroatoms. The average Bonchev–Trinajstić information content (AvgIpc) is 2.93. The number of nitrogens with zero attached hydrogens (tertiary/aromatic N) is 4. The molecule has 0 radical (unpaired) electrons. The number of aromatic hydroxyl groups is 1. The van der Waals surface area contributed by atoms with E-state index in [0.29, 0.717) is 40.3 Å². The standard InChI is InChI=1S/C25H28F2N4O/c1-15-4-5-16(2)11-19(10-15)31(3)25-9-8-21(29-30-25)20-7-6-17(12-22(20)32)18-13-23(26)28-24(27)14-18/h6-9,12-16,19,32H,4-5,10-11H2,1-3H3/t15-,16+,19?. The molecule has 32 heavy (non-hydrogen) atoms. The van der Waals surface area contributed by atoms with Gasteiger partial charge in [-0.2, -0.15) is 13.8 Å². The van der Waals surface area contributed by atoms with Crippen molar-refractivity contribution in [2.75, 3.05) is 11.9 Å². The monoisotopic (exact) mass is 438 g/mol. The van der Waals surface area contributed by atoms with Crippen molar-refractivity contribution in [1.29, 1.82) is 0 Å². The second kappa shape index (κ2) is 9.18. The number of rotatable bonds is 4. The molecular formula is C25H28F2N4O. The van der Waals surface area contributed by atoms with Crippen molar-refractivity contribution < 1.29 is 13.9 Å². The maximum absolute atomic E-state index is 13.4. The van der Waals surface area contributed by atoms with Crippen molar-refractivity contribution in [2.45, 2.75) is 45.6 Å². The first-order valence-corrected chi connectivity index (χ1v) is 11.0. The third-order valence-electron chi connectivity index (χ3n) is 6.43. The summed E-state index contributed by atoms with van der Waals surface area (Å²) in [5.41, 5.74) is 1.81. The molecule has 1 unspecified atom stereocenters. The van der Waals surface area contributed by atoms with Crippen LogP contribution in [-0.4, -0.2) is 33.4 Å². The van der Waals surface area contributed by atoms with E-state index in [4.69, 9.17) is 0 Å². The summed E-state index contributed by atoms with van der Waals surface area (Å²) >= 11 is 0. The Hall–Kier alpha value is -3.09. The van der Waals surface area contributed by atoms with Crippen LogP contribution in [0, 0.1) is 23.7 Å². The molecule has 168 valence electrons. The molecule has 1 aromatic carbocycles. The number of aromatic nitrogens is 3. The van der Waals surface area contributed by atoms with Gasteiger partial charge in [-0.1, -0.05) is 32.8 Å². The van der Waals surface area contributed by atoms with E-state index < -0.39 is 11.9 Å². The summed E-state index contributed by atoms with van der Waals surface area (Å²) in [7, 11) is 2.07. The summed E-state index contributed by atoms with van der Waals surface area (Å²) in [6.45, 7) is 4.63. The highest BCUT2D eigenvalue weighted by Crippen LogP contribution is 2.34. The molecule has 1 aliphatic carbocycles. The molecule has 5 nitrogen and oxygen atoms in total. The van der Waals surface area contributed by atoms with Gasteiger partial charge in [0.1, 0.15) is 5.75 Å². The van der Waals surface area contributed by atoms with Gasteiger partial charge >= 0.3 is 0 Å². The van der Waals surface area contributed by atoms with Crippen LogP contribution in [0.4, 0.5) is 14.6 Å². The van der Waals surface area contributed by atoms with E-state index in [9.17, 15) is 13.9 Å². The fraction of sp³-hybridized carbons (Fsp3) is 0.400. The molecule has 1 N–H and O–H groups in total. The Morgan fingerprint density at radius 1 is 0.875 bits per heavy atom. The van der Waals surface area contributed by atoms with Gasteiger partial charge in [0.05, 0.1) is 5.69 Å². The van der Waals surface area contributed by atoms with Crippen LogP contribution in [0.15, 0.2) is 42.5 Å². The van der Waals surface area contributed by atoms with E-state index in [2.05, 4.69) is 41.0 Å². The van der Waals surface area contributed by atoms with Crippen molar-refractivity contribution in [1.82, 2.24) is 15.2 Å². The quantitative estimate of drug-likeness (QED) is 0.410. The normalized spacial score (nSPS) is 21.2. The van der Waals surface area contributed by atoms with Crippen LogP contribution in [0.3, 0.4) is 0 Å². The van der Waals surface area contributed by atoms with Crippen molar-refractivity contribution in [3.05, 3.63) is 54.4 Å². The number of halogens is 2. The van der Waals surface area contributed by atoms with Gasteiger partial charge in [-0.3, -0.25) is 0 Å². The Morgan fingerprint density at radius 3 is 2.09 bits per heavy atom. The number of benzene rings is 1. The number of phenolic OH excluding ortho intramolecular Hbond substituents is 1. The summed E-state index contributed by atoms with van der Waals surface area (Å²) < 4.78 is 26.9. The molecule has 2 aromatic heterocycles. The lowest BCUT2D eigenvalue weighted by Crippen LogP contribution is -2.34. The lowest BCUT2D eigenvalue weighted by atomic mass is 9.98. The fourth-order valence-electron chi connectivity index (χ4n) is 4.55. The molecule has 0 spiro atoms. The largest absolute Gasteiger partial charge is 0.507 e. The van der Waals surface area contributed by atoms with E-state index in [-0.39, 0.29) is 5.75 Å². The van der Waals surface area contributed by atoms with Crippen LogP contribution in [0.2, 0.25) is 0 Å². The Morgan fingerprint density at radius 2 is 1.53 bits per heavy atom. The summed E-state index contributed by atoms with van der Waals surface area (Å²) in [5.74, 6) is 0.328. The SMILES string of the molecule is C[C@@H]1CC[C@H](C)CC(N(C)c2ccc(-c3ccc(-c4cc(F)nc(F)c4)cc3O)nn2)C1. The highest BCUT2D eigenvalue weighted by molar-refractivity contribution is 5.74. The molecule has 0 saturated heterocycles. The second-order valence-corrected chi connectivity index (χ2v) is 9.03. The van der Waals surface area contributed by atoms with Crippen LogP contribution in [0.5, 0.6) is 5.75 Å². The van der Waals surface area contributed by atoms with E-state index in [1.807, 2.05) is 12.1 Å². The van der Waals surface area contributed by atoms with Gasteiger partial charge in [-0.15, -0.1) is 10.2 Å². The van der Waals surface area contributed by atoms with Crippen molar-refractivity contribution >= 4 is 5.82 Å². The Kier molecular flexibility index (Phi) is 6.35. The third kappa shape index (κ3) is 4.87. The summed E-state index contributed by atoms with van der Waals surface area (Å²) in [6.07, 6.45) is 4.82. The lowest BCUT2D eigenvalue weighted by molar-refractivity contribution is 0.446. The lowest BCUT2D eigenvalue weighted by Gasteiger charge is -2.30. The molecule has 1 fully saturated rings. The molecule has 0 bridgehead atoms. The zero-order chi connectivity index (χ0) is 22.8. The van der Waals surface area contributed by atoms with Gasteiger partial charge in [0.25, 0.3) is 0 Å². The van der Waals surface area contributed by atoms with Gasteiger partial charge in [-0.25, -0.2) is 0 Å². The number of phenols is 1. The van der Waals surface area contributed by atoms with Crippen LogP contribution in [0.1, 0.15) is 39.5 Å². The van der Waals surface area contributed by atoms with E-state index in [1.54, 1.807) is 12.1 Å². The highest BCUT2D eigenvalue weighted by Gasteiger charge is 2.25. The third-order valence-corrected chi connectivity index (χ3v) is 6.43. The molecule has 1 aliphatic rings. The molecule has 3 atom stereocenters. The molecule has 0 amide bonds. The first kappa shape index (κ1) is 22.1. The van der Waals surface area contributed by atoms with Crippen molar-refractivity contribution in [3.8, 4) is 28.1 Å². The molecule has 2 heterocycles. The molecule has 4 rings (SSSR count). The van der Waals surface area contributed by atoms with Crippen LogP contribution in [0.25, 0.3) is 22.4 Å². The topological polar surface area (TPSA) is 62.1 Å². The fourth-order valence-corrected chi connectivity index (χ4v) is 4.55. The Balaban J connectivity index is 1.55. The van der Waals surface area contributed by atoms with E-state index >= 15 is 0 Å². The van der Waals surface area contributed by atoms with Gasteiger partial charge in [0, 0.05) is 30.8 Å². The van der Waals surface area contributed by atoms with Gasteiger partial charge in [0.15, 0.2) is 5.82 Å².